The molecule has 0 bridgehead atoms. The van der Waals surface area contributed by atoms with Gasteiger partial charge in [0, 0.05) is 0 Å². The van der Waals surface area contributed by atoms with Crippen molar-refractivity contribution in [3.63, 3.8) is 0 Å². The van der Waals surface area contributed by atoms with Crippen molar-refractivity contribution in [1.29, 1.82) is 0 Å². The van der Waals surface area contributed by atoms with Gasteiger partial charge in [0.15, 0.2) is 0 Å². The summed E-state index contributed by atoms with van der Waals surface area (Å²) in [6.45, 7) is 3.53. The number of nitrogens with one attached hydrogen (secondary N) is 1. The van der Waals surface area contributed by atoms with Crippen LogP contribution in [0.1, 0.15) is 16.8 Å². The van der Waals surface area contributed by atoms with Crippen LogP contribution < -0.4 is 5.32 Å². The summed E-state index contributed by atoms with van der Waals surface area (Å²) in [6, 6.07) is 5.86. The summed E-state index contributed by atoms with van der Waals surface area (Å²) >= 11 is 5.90. The van der Waals surface area contributed by atoms with Crippen LogP contribution in [0.4, 0.5) is 0 Å². The van der Waals surface area contributed by atoms with E-state index in [0.717, 1.165) is 0 Å². The van der Waals surface area contributed by atoms with Gasteiger partial charge in [-0.3, -0.25) is 4.79 Å². The Morgan fingerprint density at radius 2 is 2.17 bits per heavy atom. The predicted molar refractivity (Wildman–Crippen MR) is 69.5 cm³/mol. The van der Waals surface area contributed by atoms with E-state index in [2.05, 4.69) is 16.6 Å². The number of rotatable bonds is 5. The Balaban J connectivity index is 2.82. The van der Waals surface area contributed by atoms with Crippen molar-refractivity contribution >= 4 is 23.5 Å². The highest BCUT2D eigenvalue weighted by molar-refractivity contribution is 6.33. The van der Waals surface area contributed by atoms with Gasteiger partial charge >= 0.3 is 5.97 Å². The Hall–Kier alpha value is -1.81. The Kier molecular flexibility index (Phi) is 5.39. The third kappa shape index (κ3) is 3.60. The zero-order valence-electron chi connectivity index (χ0n) is 9.98. The molecule has 0 aromatic heterocycles. The first-order valence-electron chi connectivity index (χ1n) is 5.34. The zero-order valence-corrected chi connectivity index (χ0v) is 10.7. The van der Waals surface area contributed by atoms with E-state index < -0.39 is 17.9 Å². The molecule has 0 spiro atoms. The lowest BCUT2D eigenvalue weighted by Crippen LogP contribution is -2.41. The lowest BCUT2D eigenvalue weighted by Gasteiger charge is -2.15. The summed E-state index contributed by atoms with van der Waals surface area (Å²) in [5, 5.41) is 2.89. The topological polar surface area (TPSA) is 55.4 Å². The minimum absolute atomic E-state index is 0.295. The molecule has 0 aliphatic rings. The first-order valence-corrected chi connectivity index (χ1v) is 5.72. The number of esters is 1. The molecule has 1 amide bonds. The molecule has 0 saturated heterocycles. The number of halogens is 1. The molecular formula is C13H14ClNO3. The number of amides is 1. The molecule has 0 radical (unpaired) electrons. The highest BCUT2D eigenvalue weighted by Gasteiger charge is 2.21. The summed E-state index contributed by atoms with van der Waals surface area (Å²) < 4.78 is 4.60. The fourth-order valence-electron chi connectivity index (χ4n) is 1.40. The molecule has 18 heavy (non-hydrogen) atoms. The largest absolute Gasteiger partial charge is 0.467 e. The maximum Gasteiger partial charge on any atom is 0.328 e. The normalized spacial score (nSPS) is 11.4. The van der Waals surface area contributed by atoms with Crippen molar-refractivity contribution in [2.24, 2.45) is 0 Å². The van der Waals surface area contributed by atoms with Gasteiger partial charge in [0.1, 0.15) is 6.04 Å². The number of methoxy groups -OCH3 is 1. The monoisotopic (exact) mass is 267 g/mol. The van der Waals surface area contributed by atoms with Crippen LogP contribution in [0.2, 0.25) is 5.02 Å². The number of carbonyl (C=O) groups excluding carboxylic acids is 2. The summed E-state index contributed by atoms with van der Waals surface area (Å²) in [6.07, 6.45) is 1.83. The van der Waals surface area contributed by atoms with Gasteiger partial charge in [-0.15, -0.1) is 6.58 Å². The molecule has 1 rings (SSSR count). The summed E-state index contributed by atoms with van der Waals surface area (Å²) in [7, 11) is 1.26. The van der Waals surface area contributed by atoms with Crippen LogP contribution in [0.3, 0.4) is 0 Å². The molecule has 0 heterocycles. The van der Waals surface area contributed by atoms with E-state index in [-0.39, 0.29) is 0 Å². The molecule has 1 aromatic carbocycles. The minimum Gasteiger partial charge on any atom is -0.467 e. The van der Waals surface area contributed by atoms with Crippen molar-refractivity contribution in [2.45, 2.75) is 12.5 Å². The Labute approximate surface area is 111 Å². The van der Waals surface area contributed by atoms with Gasteiger partial charge in [-0.1, -0.05) is 29.8 Å². The van der Waals surface area contributed by atoms with E-state index in [0.29, 0.717) is 17.0 Å². The molecule has 96 valence electrons. The number of benzene rings is 1. The fraction of sp³-hybridized carbons (Fsp3) is 0.231. The maximum atomic E-state index is 11.9. The van der Waals surface area contributed by atoms with E-state index >= 15 is 0 Å². The van der Waals surface area contributed by atoms with Gasteiger partial charge in [0.05, 0.1) is 17.7 Å². The molecular weight excluding hydrogens is 254 g/mol. The van der Waals surface area contributed by atoms with Crippen molar-refractivity contribution in [3.8, 4) is 0 Å². The quantitative estimate of drug-likeness (QED) is 0.657. The molecule has 5 heteroatoms. The van der Waals surface area contributed by atoms with Crippen LogP contribution in [0.15, 0.2) is 36.9 Å². The van der Waals surface area contributed by atoms with Crippen LogP contribution in [0, 0.1) is 0 Å². The summed E-state index contributed by atoms with van der Waals surface area (Å²) in [5.74, 6) is -0.937. The lowest BCUT2D eigenvalue weighted by molar-refractivity contribution is -0.142. The van der Waals surface area contributed by atoms with E-state index in [1.165, 1.54) is 13.2 Å². The van der Waals surface area contributed by atoms with Gasteiger partial charge in [0.2, 0.25) is 0 Å². The first-order chi connectivity index (χ1) is 8.60. The second kappa shape index (κ2) is 6.81. The van der Waals surface area contributed by atoms with Gasteiger partial charge < -0.3 is 10.1 Å². The predicted octanol–water partition coefficient (Wildman–Crippen LogP) is 2.19. The van der Waals surface area contributed by atoms with Gasteiger partial charge in [0.25, 0.3) is 5.91 Å². The smallest absolute Gasteiger partial charge is 0.328 e. The zero-order chi connectivity index (χ0) is 13.5. The molecule has 0 fully saturated rings. The van der Waals surface area contributed by atoms with Crippen molar-refractivity contribution in [3.05, 3.63) is 47.5 Å². The van der Waals surface area contributed by atoms with Crippen LogP contribution in [0.5, 0.6) is 0 Å². The molecule has 0 unspecified atom stereocenters. The van der Waals surface area contributed by atoms with Gasteiger partial charge in [-0.05, 0) is 18.6 Å². The number of hydrogen-bond donors (Lipinski definition) is 1. The van der Waals surface area contributed by atoms with Crippen LogP contribution in [-0.4, -0.2) is 25.0 Å². The van der Waals surface area contributed by atoms with Gasteiger partial charge in [-0.2, -0.15) is 0 Å². The van der Waals surface area contributed by atoms with Gasteiger partial charge in [-0.25, -0.2) is 4.79 Å². The van der Waals surface area contributed by atoms with Crippen molar-refractivity contribution in [2.75, 3.05) is 7.11 Å². The molecule has 0 saturated carbocycles. The van der Waals surface area contributed by atoms with Crippen LogP contribution in [0.25, 0.3) is 0 Å². The first kappa shape index (κ1) is 14.3. The number of hydrogen-bond acceptors (Lipinski definition) is 3. The standard InChI is InChI=1S/C13H14ClNO3/c1-3-6-11(13(17)18-2)15-12(16)9-7-4-5-8-10(9)14/h3-5,7-8,11H,1,6H2,2H3,(H,15,16)/t11-/m1/s1. The molecule has 1 atom stereocenters. The molecule has 1 N–H and O–H groups in total. The molecule has 4 nitrogen and oxygen atoms in total. The Morgan fingerprint density at radius 1 is 1.50 bits per heavy atom. The second-order valence-corrected chi connectivity index (χ2v) is 3.96. The van der Waals surface area contributed by atoms with E-state index in [4.69, 9.17) is 11.6 Å². The molecule has 1 aromatic rings. The minimum atomic E-state index is -0.753. The third-order valence-corrected chi connectivity index (χ3v) is 2.64. The Bertz CT molecular complexity index is 459. The van der Waals surface area contributed by atoms with E-state index in [1.807, 2.05) is 0 Å². The van der Waals surface area contributed by atoms with Crippen LogP contribution in [-0.2, 0) is 9.53 Å². The average Bonchev–Trinajstić information content (AvgIpc) is 2.37. The van der Waals surface area contributed by atoms with Crippen LogP contribution >= 0.6 is 11.6 Å². The second-order valence-electron chi connectivity index (χ2n) is 3.55. The number of ether oxygens (including phenoxy) is 1. The van der Waals surface area contributed by atoms with E-state index in [9.17, 15) is 9.59 Å². The average molecular weight is 268 g/mol. The summed E-state index contributed by atoms with van der Waals surface area (Å²) in [5.41, 5.74) is 0.317. The van der Waals surface area contributed by atoms with Crippen molar-refractivity contribution < 1.29 is 14.3 Å². The lowest BCUT2D eigenvalue weighted by atomic mass is 10.1. The van der Waals surface area contributed by atoms with E-state index in [1.54, 1.807) is 24.3 Å². The highest BCUT2D eigenvalue weighted by atomic mass is 35.5. The summed E-state index contributed by atoms with van der Waals surface area (Å²) in [4.78, 5) is 23.4. The highest BCUT2D eigenvalue weighted by Crippen LogP contribution is 2.15. The molecule has 0 aliphatic carbocycles. The molecule has 0 aliphatic heterocycles. The fourth-order valence-corrected chi connectivity index (χ4v) is 1.63. The SMILES string of the molecule is C=CC[C@@H](NC(=O)c1ccccc1Cl)C(=O)OC. The third-order valence-electron chi connectivity index (χ3n) is 2.31. The number of carbonyl (C=O) groups is 2. The maximum absolute atomic E-state index is 11.9. The van der Waals surface area contributed by atoms with Crippen molar-refractivity contribution in [1.82, 2.24) is 5.32 Å². The Morgan fingerprint density at radius 3 is 2.72 bits per heavy atom.